The van der Waals surface area contributed by atoms with Gasteiger partial charge in [-0.15, -0.1) is 0 Å². The monoisotopic (exact) mass is 287 g/mol. The highest BCUT2D eigenvalue weighted by Crippen LogP contribution is 2.62. The van der Waals surface area contributed by atoms with Crippen LogP contribution in [-0.2, 0) is 11.2 Å². The van der Waals surface area contributed by atoms with Gasteiger partial charge in [-0.05, 0) is 60.6 Å². The van der Waals surface area contributed by atoms with Gasteiger partial charge in [0.1, 0.15) is 0 Å². The molecule has 0 heterocycles. The van der Waals surface area contributed by atoms with Crippen LogP contribution in [0.1, 0.15) is 43.7 Å². The minimum Gasteiger partial charge on any atom is -0.385 e. The maximum atomic E-state index is 5.29. The van der Waals surface area contributed by atoms with E-state index in [2.05, 4.69) is 43.4 Å². The maximum absolute atomic E-state index is 5.29. The molecule has 0 spiro atoms. The molecule has 0 aliphatic heterocycles. The molecule has 2 aliphatic carbocycles. The Morgan fingerprint density at radius 3 is 2.90 bits per heavy atom. The van der Waals surface area contributed by atoms with Gasteiger partial charge in [0.15, 0.2) is 0 Å². The number of rotatable bonds is 7. The van der Waals surface area contributed by atoms with Crippen LogP contribution in [-0.4, -0.2) is 26.3 Å². The lowest BCUT2D eigenvalue weighted by molar-refractivity contribution is 0.165. The molecule has 1 saturated carbocycles. The van der Waals surface area contributed by atoms with Gasteiger partial charge in [0.25, 0.3) is 0 Å². The second kappa shape index (κ2) is 6.50. The van der Waals surface area contributed by atoms with E-state index in [1.807, 2.05) is 7.11 Å². The number of nitrogens with one attached hydrogen (secondary N) is 1. The third kappa shape index (κ3) is 2.89. The van der Waals surface area contributed by atoms with Gasteiger partial charge in [0.05, 0.1) is 0 Å². The molecule has 2 heteroatoms. The minimum atomic E-state index is 0.645. The van der Waals surface area contributed by atoms with E-state index in [0.717, 1.165) is 37.3 Å². The normalized spacial score (nSPS) is 29.4. The Bertz CT molecular complexity index is 472. The Labute approximate surface area is 129 Å². The Kier molecular flexibility index (Phi) is 4.66. The summed E-state index contributed by atoms with van der Waals surface area (Å²) >= 11 is 0. The van der Waals surface area contributed by atoms with Crippen LogP contribution < -0.4 is 5.32 Å². The minimum absolute atomic E-state index is 0.645. The van der Waals surface area contributed by atoms with Gasteiger partial charge < -0.3 is 10.1 Å². The number of hydrogen-bond acceptors (Lipinski definition) is 2. The Morgan fingerprint density at radius 1 is 1.33 bits per heavy atom. The van der Waals surface area contributed by atoms with Crippen LogP contribution in [0, 0.1) is 17.8 Å². The molecule has 1 aromatic rings. The topological polar surface area (TPSA) is 21.3 Å². The second-order valence-electron chi connectivity index (χ2n) is 6.85. The summed E-state index contributed by atoms with van der Waals surface area (Å²) in [5, 5.41) is 3.78. The van der Waals surface area contributed by atoms with Gasteiger partial charge in [0.2, 0.25) is 0 Å². The van der Waals surface area contributed by atoms with Crippen molar-refractivity contribution in [1.29, 1.82) is 0 Å². The first-order chi connectivity index (χ1) is 10.3. The summed E-state index contributed by atoms with van der Waals surface area (Å²) in [7, 11) is 1.81. The van der Waals surface area contributed by atoms with Crippen molar-refractivity contribution in [2.75, 3.05) is 20.3 Å². The van der Waals surface area contributed by atoms with Crippen LogP contribution in [0.4, 0.5) is 0 Å². The van der Waals surface area contributed by atoms with Crippen molar-refractivity contribution in [3.05, 3.63) is 35.4 Å². The first-order valence-corrected chi connectivity index (χ1v) is 8.58. The van der Waals surface area contributed by atoms with Gasteiger partial charge >= 0.3 is 0 Å². The Balaban J connectivity index is 1.74. The number of ether oxygens (including phenoxy) is 1. The molecule has 0 bridgehead atoms. The van der Waals surface area contributed by atoms with E-state index >= 15 is 0 Å². The van der Waals surface area contributed by atoms with Crippen molar-refractivity contribution in [3.63, 3.8) is 0 Å². The zero-order valence-corrected chi connectivity index (χ0v) is 13.6. The summed E-state index contributed by atoms with van der Waals surface area (Å²) in [4.78, 5) is 0. The lowest BCUT2D eigenvalue weighted by Crippen LogP contribution is -2.38. The lowest BCUT2D eigenvalue weighted by Gasteiger charge is -2.25. The molecule has 116 valence electrons. The summed E-state index contributed by atoms with van der Waals surface area (Å²) in [5.74, 6) is 3.24. The molecule has 2 nitrogen and oxygen atoms in total. The first-order valence-electron chi connectivity index (χ1n) is 8.58. The molecule has 0 radical (unpaired) electrons. The van der Waals surface area contributed by atoms with Crippen molar-refractivity contribution < 1.29 is 4.74 Å². The maximum Gasteiger partial charge on any atom is 0.0465 e. The summed E-state index contributed by atoms with van der Waals surface area (Å²) < 4.78 is 5.29. The van der Waals surface area contributed by atoms with E-state index < -0.39 is 0 Å². The molecule has 21 heavy (non-hydrogen) atoms. The molecule has 0 saturated heterocycles. The van der Waals surface area contributed by atoms with Crippen molar-refractivity contribution in [3.8, 4) is 0 Å². The van der Waals surface area contributed by atoms with E-state index in [0.29, 0.717) is 12.0 Å². The number of benzene rings is 1. The number of fused-ring (bicyclic) bond motifs is 3. The molecule has 5 atom stereocenters. The van der Waals surface area contributed by atoms with Crippen LogP contribution in [0.5, 0.6) is 0 Å². The molecule has 3 rings (SSSR count). The van der Waals surface area contributed by atoms with E-state index in [-0.39, 0.29) is 0 Å². The predicted molar refractivity (Wildman–Crippen MR) is 87.6 cm³/mol. The number of aryl methyl sites for hydroxylation is 1. The quantitative estimate of drug-likeness (QED) is 0.827. The lowest BCUT2D eigenvalue weighted by atomic mass is 9.91. The summed E-state index contributed by atoms with van der Waals surface area (Å²) in [6.07, 6.45) is 3.82. The number of hydrogen-bond donors (Lipinski definition) is 1. The number of methoxy groups -OCH3 is 1. The smallest absolute Gasteiger partial charge is 0.0465 e. The largest absolute Gasteiger partial charge is 0.385 e. The standard InChI is InChI=1S/C19H29NO/c1-4-20-19(13(2)11-12-21-3)18-16-10-9-14-7-5-6-8-15(14)17(16)18/h5-8,13,16-20H,4,9-12H2,1-3H3. The fourth-order valence-electron chi connectivity index (χ4n) is 4.54. The van der Waals surface area contributed by atoms with E-state index in [9.17, 15) is 0 Å². The highest BCUT2D eigenvalue weighted by atomic mass is 16.5. The SMILES string of the molecule is CCNC(C(C)CCOC)C1C2CCc3ccccc3C21. The van der Waals surface area contributed by atoms with Gasteiger partial charge in [-0.3, -0.25) is 0 Å². The van der Waals surface area contributed by atoms with Crippen LogP contribution in [0.2, 0.25) is 0 Å². The van der Waals surface area contributed by atoms with Crippen LogP contribution in [0.25, 0.3) is 0 Å². The molecular formula is C19H29NO. The fraction of sp³-hybridized carbons (Fsp3) is 0.684. The molecular weight excluding hydrogens is 258 g/mol. The van der Waals surface area contributed by atoms with Crippen molar-refractivity contribution in [2.45, 2.75) is 45.1 Å². The van der Waals surface area contributed by atoms with Crippen LogP contribution >= 0.6 is 0 Å². The predicted octanol–water partition coefficient (Wildman–Crippen LogP) is 3.61. The molecule has 0 amide bonds. The Hall–Kier alpha value is -0.860. The zero-order valence-electron chi connectivity index (χ0n) is 13.6. The second-order valence-corrected chi connectivity index (χ2v) is 6.85. The molecule has 1 fully saturated rings. The first kappa shape index (κ1) is 15.1. The van der Waals surface area contributed by atoms with Gasteiger partial charge in [-0.1, -0.05) is 38.1 Å². The molecule has 1 aromatic carbocycles. The summed E-state index contributed by atoms with van der Waals surface area (Å²) in [6.45, 7) is 6.57. The molecule has 5 unspecified atom stereocenters. The van der Waals surface area contributed by atoms with Gasteiger partial charge in [-0.25, -0.2) is 0 Å². The average Bonchev–Trinajstić information content (AvgIpc) is 3.25. The summed E-state index contributed by atoms with van der Waals surface area (Å²) in [6, 6.07) is 9.76. The van der Waals surface area contributed by atoms with Crippen molar-refractivity contribution in [2.24, 2.45) is 17.8 Å². The molecule has 0 aromatic heterocycles. The molecule has 1 N–H and O–H groups in total. The highest BCUT2D eigenvalue weighted by molar-refractivity contribution is 5.40. The zero-order chi connectivity index (χ0) is 14.8. The van der Waals surface area contributed by atoms with Crippen LogP contribution in [0.3, 0.4) is 0 Å². The van der Waals surface area contributed by atoms with Crippen molar-refractivity contribution >= 4 is 0 Å². The van der Waals surface area contributed by atoms with Gasteiger partial charge in [0, 0.05) is 19.8 Å². The van der Waals surface area contributed by atoms with Crippen LogP contribution in [0.15, 0.2) is 24.3 Å². The Morgan fingerprint density at radius 2 is 2.14 bits per heavy atom. The van der Waals surface area contributed by atoms with E-state index in [1.165, 1.54) is 12.8 Å². The average molecular weight is 287 g/mol. The third-order valence-electron chi connectivity index (χ3n) is 5.64. The third-order valence-corrected chi connectivity index (χ3v) is 5.64. The van der Waals surface area contributed by atoms with Crippen molar-refractivity contribution in [1.82, 2.24) is 5.32 Å². The van der Waals surface area contributed by atoms with E-state index in [4.69, 9.17) is 4.74 Å². The van der Waals surface area contributed by atoms with Gasteiger partial charge in [-0.2, -0.15) is 0 Å². The highest BCUT2D eigenvalue weighted by Gasteiger charge is 2.56. The summed E-state index contributed by atoms with van der Waals surface area (Å²) in [5.41, 5.74) is 3.24. The van der Waals surface area contributed by atoms with E-state index in [1.54, 1.807) is 11.1 Å². The fourth-order valence-corrected chi connectivity index (χ4v) is 4.54. The molecule has 2 aliphatic rings.